The highest BCUT2D eigenvalue weighted by molar-refractivity contribution is 7.91. The lowest BCUT2D eigenvalue weighted by Gasteiger charge is -2.04. The van der Waals surface area contributed by atoms with E-state index in [1.807, 2.05) is 0 Å². The van der Waals surface area contributed by atoms with Gasteiger partial charge in [0.2, 0.25) is 0 Å². The fourth-order valence-corrected chi connectivity index (χ4v) is 2.21. The summed E-state index contributed by atoms with van der Waals surface area (Å²) in [5.41, 5.74) is -0.333. The average molecular weight is 248 g/mol. The van der Waals surface area contributed by atoms with Gasteiger partial charge in [-0.1, -0.05) is 0 Å². The number of hydrogen-bond acceptors (Lipinski definition) is 4. The molecule has 1 aromatic carbocycles. The number of sulfone groups is 1. The van der Waals surface area contributed by atoms with E-state index in [4.69, 9.17) is 10.2 Å². The van der Waals surface area contributed by atoms with Crippen molar-refractivity contribution in [1.29, 1.82) is 0 Å². The first kappa shape index (κ1) is 12.6. The molecule has 0 aliphatic carbocycles. The fraction of sp³-hybridized carbons (Fsp3) is 0.222. The molecule has 0 aliphatic rings. The first-order valence-corrected chi connectivity index (χ1v) is 5.90. The molecule has 2 N–H and O–H groups in total. The maximum absolute atomic E-state index is 13.3. The van der Waals surface area contributed by atoms with E-state index in [-0.39, 0.29) is 5.56 Å². The highest BCUT2D eigenvalue weighted by Crippen LogP contribution is 2.17. The predicted molar refractivity (Wildman–Crippen MR) is 52.5 cm³/mol. The number of carboxylic acids is 1. The van der Waals surface area contributed by atoms with Gasteiger partial charge in [0.25, 0.3) is 0 Å². The molecule has 7 heteroatoms. The van der Waals surface area contributed by atoms with Crippen molar-refractivity contribution < 1.29 is 27.8 Å². The van der Waals surface area contributed by atoms with E-state index < -0.39 is 38.9 Å². The molecule has 1 rings (SSSR count). The van der Waals surface area contributed by atoms with Gasteiger partial charge in [0.15, 0.2) is 9.84 Å². The summed E-state index contributed by atoms with van der Waals surface area (Å²) < 4.78 is 36.1. The lowest BCUT2D eigenvalue weighted by atomic mass is 10.2. The first-order chi connectivity index (χ1) is 7.38. The van der Waals surface area contributed by atoms with Crippen molar-refractivity contribution in [3.63, 3.8) is 0 Å². The molecule has 88 valence electrons. The largest absolute Gasteiger partial charge is 0.478 e. The summed E-state index contributed by atoms with van der Waals surface area (Å²) in [6.07, 6.45) is 0. The number of aliphatic hydroxyl groups is 1. The number of rotatable bonds is 4. The molecule has 5 nitrogen and oxygen atoms in total. The van der Waals surface area contributed by atoms with Gasteiger partial charge >= 0.3 is 5.97 Å². The standard InChI is InChI=1S/C9H9FO5S/c10-7-5-6(9(12)13)1-2-8(7)16(14,15)4-3-11/h1-2,5,11H,3-4H2,(H,12,13). The maximum Gasteiger partial charge on any atom is 0.335 e. The Morgan fingerprint density at radius 3 is 2.44 bits per heavy atom. The molecule has 0 bridgehead atoms. The number of halogens is 1. The molecule has 0 saturated heterocycles. The molecular formula is C9H9FO5S. The second-order valence-electron chi connectivity index (χ2n) is 2.99. The van der Waals surface area contributed by atoms with Crippen molar-refractivity contribution in [1.82, 2.24) is 0 Å². The molecule has 0 saturated carbocycles. The molecule has 0 radical (unpaired) electrons. The Labute approximate surface area is 91.1 Å². The zero-order valence-corrected chi connectivity index (χ0v) is 8.87. The lowest BCUT2D eigenvalue weighted by Crippen LogP contribution is -2.12. The summed E-state index contributed by atoms with van der Waals surface area (Å²) in [5, 5.41) is 17.1. The Hall–Kier alpha value is -1.47. The van der Waals surface area contributed by atoms with Crippen molar-refractivity contribution in [3.05, 3.63) is 29.6 Å². The fourth-order valence-electron chi connectivity index (χ4n) is 1.12. The van der Waals surface area contributed by atoms with Gasteiger partial charge in [0.1, 0.15) is 10.7 Å². The van der Waals surface area contributed by atoms with Crippen molar-refractivity contribution in [2.45, 2.75) is 4.90 Å². The minimum atomic E-state index is -3.90. The Morgan fingerprint density at radius 1 is 1.38 bits per heavy atom. The Kier molecular flexibility index (Phi) is 3.61. The van der Waals surface area contributed by atoms with Crippen LogP contribution in [0.4, 0.5) is 4.39 Å². The lowest BCUT2D eigenvalue weighted by molar-refractivity contribution is 0.0696. The SMILES string of the molecule is O=C(O)c1ccc(S(=O)(=O)CCO)c(F)c1. The molecule has 16 heavy (non-hydrogen) atoms. The second-order valence-corrected chi connectivity index (χ2v) is 5.07. The minimum Gasteiger partial charge on any atom is -0.478 e. The van der Waals surface area contributed by atoms with E-state index in [1.54, 1.807) is 0 Å². The third-order valence-electron chi connectivity index (χ3n) is 1.87. The van der Waals surface area contributed by atoms with E-state index in [1.165, 1.54) is 0 Å². The van der Waals surface area contributed by atoms with Crippen LogP contribution in [0.3, 0.4) is 0 Å². The highest BCUT2D eigenvalue weighted by atomic mass is 32.2. The normalized spacial score (nSPS) is 11.4. The van der Waals surface area contributed by atoms with Crippen LogP contribution in [-0.2, 0) is 9.84 Å². The predicted octanol–water partition coefficient (Wildman–Crippen LogP) is 0.290. The summed E-state index contributed by atoms with van der Waals surface area (Å²) >= 11 is 0. The van der Waals surface area contributed by atoms with Crippen LogP contribution in [0.15, 0.2) is 23.1 Å². The van der Waals surface area contributed by atoms with Gasteiger partial charge in [-0.25, -0.2) is 17.6 Å². The zero-order valence-electron chi connectivity index (χ0n) is 8.05. The summed E-state index contributed by atoms with van der Waals surface area (Å²) in [5.74, 6) is -3.07. The molecule has 0 aromatic heterocycles. The number of hydrogen-bond donors (Lipinski definition) is 2. The second kappa shape index (κ2) is 4.58. The van der Waals surface area contributed by atoms with Crippen LogP contribution in [0.25, 0.3) is 0 Å². The van der Waals surface area contributed by atoms with E-state index in [0.717, 1.165) is 12.1 Å². The van der Waals surface area contributed by atoms with Gasteiger partial charge in [-0.05, 0) is 18.2 Å². The van der Waals surface area contributed by atoms with Crippen molar-refractivity contribution in [2.24, 2.45) is 0 Å². The van der Waals surface area contributed by atoms with Gasteiger partial charge in [0, 0.05) is 0 Å². The molecule has 0 unspecified atom stereocenters. The molecule has 0 atom stereocenters. The number of aliphatic hydroxyl groups excluding tert-OH is 1. The topological polar surface area (TPSA) is 91.7 Å². The third kappa shape index (κ3) is 2.56. The van der Waals surface area contributed by atoms with E-state index in [9.17, 15) is 17.6 Å². The van der Waals surface area contributed by atoms with E-state index in [0.29, 0.717) is 6.07 Å². The Balaban J connectivity index is 3.23. The van der Waals surface area contributed by atoms with Gasteiger partial charge in [-0.15, -0.1) is 0 Å². The maximum atomic E-state index is 13.3. The Bertz CT molecular complexity index is 509. The van der Waals surface area contributed by atoms with E-state index in [2.05, 4.69) is 0 Å². The molecule has 0 amide bonds. The average Bonchev–Trinajstić information content (AvgIpc) is 2.16. The Morgan fingerprint density at radius 2 is 2.00 bits per heavy atom. The van der Waals surface area contributed by atoms with Crippen molar-refractivity contribution in [2.75, 3.05) is 12.4 Å². The number of carbonyl (C=O) groups is 1. The summed E-state index contributed by atoms with van der Waals surface area (Å²) in [7, 11) is -3.90. The molecule has 0 spiro atoms. The minimum absolute atomic E-state index is 0.333. The number of aromatic carboxylic acids is 1. The van der Waals surface area contributed by atoms with Crippen molar-refractivity contribution in [3.8, 4) is 0 Å². The van der Waals surface area contributed by atoms with Crippen molar-refractivity contribution >= 4 is 15.8 Å². The van der Waals surface area contributed by atoms with E-state index >= 15 is 0 Å². The van der Waals surface area contributed by atoms with Gasteiger partial charge in [0.05, 0.1) is 17.9 Å². The van der Waals surface area contributed by atoms with Crippen LogP contribution in [0, 0.1) is 5.82 Å². The van der Waals surface area contributed by atoms with Crippen LogP contribution in [0.2, 0.25) is 0 Å². The van der Waals surface area contributed by atoms with Gasteiger partial charge in [-0.3, -0.25) is 0 Å². The van der Waals surface area contributed by atoms with Gasteiger partial charge < -0.3 is 10.2 Å². The molecular weight excluding hydrogens is 239 g/mol. The van der Waals surface area contributed by atoms with Gasteiger partial charge in [-0.2, -0.15) is 0 Å². The number of benzene rings is 1. The highest BCUT2D eigenvalue weighted by Gasteiger charge is 2.19. The molecule has 0 aliphatic heterocycles. The quantitative estimate of drug-likeness (QED) is 0.799. The number of carboxylic acid groups (broad SMARTS) is 1. The third-order valence-corrected chi connectivity index (χ3v) is 3.60. The van der Waals surface area contributed by atoms with Crippen LogP contribution in [-0.4, -0.2) is 37.0 Å². The smallest absolute Gasteiger partial charge is 0.335 e. The van der Waals surface area contributed by atoms with Crippen LogP contribution in [0.1, 0.15) is 10.4 Å². The molecule has 0 fully saturated rings. The monoisotopic (exact) mass is 248 g/mol. The summed E-state index contributed by atoms with van der Waals surface area (Å²) in [4.78, 5) is 9.88. The van der Waals surface area contributed by atoms with Crippen LogP contribution < -0.4 is 0 Å². The summed E-state index contributed by atoms with van der Waals surface area (Å²) in [6, 6.07) is 2.51. The zero-order chi connectivity index (χ0) is 12.3. The van der Waals surface area contributed by atoms with Crippen LogP contribution in [0.5, 0.6) is 0 Å². The summed E-state index contributed by atoms with van der Waals surface area (Å²) in [6.45, 7) is -0.623. The first-order valence-electron chi connectivity index (χ1n) is 4.25. The molecule has 1 aromatic rings. The molecule has 0 heterocycles. The van der Waals surface area contributed by atoms with Crippen LogP contribution >= 0.6 is 0 Å².